The van der Waals surface area contributed by atoms with Gasteiger partial charge in [-0.3, -0.25) is 4.79 Å². The van der Waals surface area contributed by atoms with Crippen molar-refractivity contribution in [3.05, 3.63) is 65.9 Å². The van der Waals surface area contributed by atoms with Crippen LogP contribution in [-0.4, -0.2) is 91.1 Å². The van der Waals surface area contributed by atoms with Gasteiger partial charge in [0.1, 0.15) is 18.6 Å². The number of anilines is 1. The fourth-order valence-electron chi connectivity index (χ4n) is 5.05. The minimum absolute atomic E-state index is 0.193. The van der Waals surface area contributed by atoms with Gasteiger partial charge in [0.25, 0.3) is 5.91 Å². The van der Waals surface area contributed by atoms with E-state index < -0.39 is 0 Å². The van der Waals surface area contributed by atoms with Crippen molar-refractivity contribution in [2.75, 3.05) is 55.8 Å². The zero-order valence-electron chi connectivity index (χ0n) is 18.7. The molecule has 170 valence electrons. The lowest BCUT2D eigenvalue weighted by Gasteiger charge is -2.43. The Morgan fingerprint density at radius 3 is 2.79 bits per heavy atom. The molecule has 2 fully saturated rings. The number of aromatic nitrogens is 4. The Morgan fingerprint density at radius 1 is 1.15 bits per heavy atom. The zero-order valence-corrected chi connectivity index (χ0v) is 19.5. The molecule has 0 spiro atoms. The zero-order chi connectivity index (χ0) is 22.4. The molecular formula is C23H27N8OS+. The van der Waals surface area contributed by atoms with Gasteiger partial charge in [-0.05, 0) is 25.1 Å². The van der Waals surface area contributed by atoms with Gasteiger partial charge in [-0.2, -0.15) is 14.3 Å². The molecule has 2 aromatic rings. The molecule has 6 heterocycles. The molecule has 2 aromatic heterocycles. The van der Waals surface area contributed by atoms with Gasteiger partial charge in [0, 0.05) is 43.7 Å². The Kier molecular flexibility index (Phi) is 5.08. The summed E-state index contributed by atoms with van der Waals surface area (Å²) in [6.45, 7) is 6.86. The first-order valence-electron chi connectivity index (χ1n) is 11.3. The summed E-state index contributed by atoms with van der Waals surface area (Å²) in [7, 11) is 0. The van der Waals surface area contributed by atoms with E-state index in [2.05, 4.69) is 44.4 Å². The van der Waals surface area contributed by atoms with Crippen LogP contribution in [0.15, 0.2) is 60.1 Å². The molecule has 0 N–H and O–H groups in total. The maximum Gasteiger partial charge on any atom is 0.256 e. The van der Waals surface area contributed by atoms with E-state index in [-0.39, 0.29) is 5.91 Å². The molecule has 2 saturated heterocycles. The summed E-state index contributed by atoms with van der Waals surface area (Å²) in [6, 6.07) is 5.82. The highest BCUT2D eigenvalue weighted by Gasteiger charge is 2.48. The summed E-state index contributed by atoms with van der Waals surface area (Å²) >= 11 is 1.83. The molecule has 33 heavy (non-hydrogen) atoms. The number of thioether (sulfide) groups is 1. The molecule has 0 saturated carbocycles. The SMILES string of the molecule is Cc1nc(N2CCN([N@@+]34C=CC=C3C=C(C(=O)N3CCSC3)C4)CC2)n(-c2ccccn2)n1. The van der Waals surface area contributed by atoms with Gasteiger partial charge in [0.2, 0.25) is 5.95 Å². The Morgan fingerprint density at radius 2 is 2.03 bits per heavy atom. The van der Waals surface area contributed by atoms with Crippen LogP contribution < -0.4 is 4.90 Å². The van der Waals surface area contributed by atoms with E-state index in [1.54, 1.807) is 6.20 Å². The summed E-state index contributed by atoms with van der Waals surface area (Å²) in [6.07, 6.45) is 10.4. The van der Waals surface area contributed by atoms with Gasteiger partial charge in [0.15, 0.2) is 11.5 Å². The number of amides is 1. The van der Waals surface area contributed by atoms with Crippen LogP contribution in [0.4, 0.5) is 5.95 Å². The van der Waals surface area contributed by atoms with E-state index in [1.807, 2.05) is 46.5 Å². The molecule has 1 atom stereocenters. The minimum atomic E-state index is 0.193. The Balaban J connectivity index is 1.18. The van der Waals surface area contributed by atoms with Gasteiger partial charge in [0.05, 0.1) is 24.5 Å². The van der Waals surface area contributed by atoms with Crippen LogP contribution in [0.2, 0.25) is 0 Å². The lowest BCUT2D eigenvalue weighted by Crippen LogP contribution is -2.60. The number of piperazine rings is 1. The summed E-state index contributed by atoms with van der Waals surface area (Å²) in [5.41, 5.74) is 2.10. The van der Waals surface area contributed by atoms with Crippen molar-refractivity contribution in [2.24, 2.45) is 0 Å². The maximum absolute atomic E-state index is 13.0. The van der Waals surface area contributed by atoms with E-state index in [1.165, 1.54) is 5.70 Å². The third-order valence-electron chi connectivity index (χ3n) is 6.70. The minimum Gasteiger partial charge on any atom is -0.338 e. The molecule has 0 bridgehead atoms. The average Bonchev–Trinajstić information content (AvgIpc) is 3.62. The van der Waals surface area contributed by atoms with Crippen LogP contribution in [0.25, 0.3) is 5.82 Å². The monoisotopic (exact) mass is 463 g/mol. The molecule has 4 aliphatic rings. The van der Waals surface area contributed by atoms with Gasteiger partial charge in [-0.25, -0.2) is 4.98 Å². The Bertz CT molecular complexity index is 1160. The second-order valence-electron chi connectivity index (χ2n) is 8.69. The Labute approximate surface area is 197 Å². The highest BCUT2D eigenvalue weighted by molar-refractivity contribution is 7.99. The average molecular weight is 464 g/mol. The number of fused-ring (bicyclic) bond motifs is 1. The predicted octanol–water partition coefficient (Wildman–Crippen LogP) is 1.71. The maximum atomic E-state index is 13.0. The number of rotatable bonds is 4. The van der Waals surface area contributed by atoms with Crippen molar-refractivity contribution >= 4 is 23.6 Å². The predicted molar refractivity (Wildman–Crippen MR) is 127 cm³/mol. The number of hydrogen-bond acceptors (Lipinski definition) is 7. The molecule has 10 heteroatoms. The van der Waals surface area contributed by atoms with Crippen LogP contribution in [0.1, 0.15) is 5.82 Å². The number of carbonyl (C=O) groups excluding carboxylic acids is 1. The van der Waals surface area contributed by atoms with Crippen molar-refractivity contribution in [1.29, 1.82) is 0 Å². The second-order valence-corrected chi connectivity index (χ2v) is 9.77. The van der Waals surface area contributed by atoms with E-state index >= 15 is 0 Å². The van der Waals surface area contributed by atoms with E-state index in [0.717, 1.165) is 67.5 Å². The fraction of sp³-hybridized carbons (Fsp3) is 0.391. The smallest absolute Gasteiger partial charge is 0.256 e. The number of pyridine rings is 1. The number of carbonyl (C=O) groups is 1. The highest BCUT2D eigenvalue weighted by Crippen LogP contribution is 2.38. The molecule has 1 amide bonds. The third-order valence-corrected chi connectivity index (χ3v) is 7.67. The van der Waals surface area contributed by atoms with Gasteiger partial charge < -0.3 is 9.80 Å². The molecule has 9 nitrogen and oxygen atoms in total. The molecule has 6 rings (SSSR count). The van der Waals surface area contributed by atoms with Crippen LogP contribution in [-0.2, 0) is 4.79 Å². The topological polar surface area (TPSA) is 70.4 Å². The lowest BCUT2D eigenvalue weighted by molar-refractivity contribution is -0.948. The van der Waals surface area contributed by atoms with Gasteiger partial charge in [-0.15, -0.1) is 21.9 Å². The van der Waals surface area contributed by atoms with E-state index in [4.69, 9.17) is 4.98 Å². The van der Waals surface area contributed by atoms with Crippen molar-refractivity contribution in [3.8, 4) is 5.82 Å². The van der Waals surface area contributed by atoms with E-state index in [0.29, 0.717) is 11.1 Å². The largest absolute Gasteiger partial charge is 0.338 e. The van der Waals surface area contributed by atoms with Crippen molar-refractivity contribution < 1.29 is 9.39 Å². The number of aryl methyl sites for hydroxylation is 1. The number of allylic oxidation sites excluding steroid dienone is 3. The molecule has 0 aliphatic carbocycles. The quantitative estimate of drug-likeness (QED) is 0.640. The molecule has 0 aromatic carbocycles. The third kappa shape index (κ3) is 3.49. The summed E-state index contributed by atoms with van der Waals surface area (Å²) in [4.78, 5) is 26.5. The van der Waals surface area contributed by atoms with Crippen molar-refractivity contribution in [3.63, 3.8) is 0 Å². The second kappa shape index (κ2) is 8.12. The number of quaternary nitrogens is 1. The standard InChI is InChI=1S/C23H27N8OS/c1-18-25-23(30(26-18)21-6-2-3-7-24-21)27-8-10-29(11-9-27)31-13-4-5-20(31)15-19(16-31)22(32)28-12-14-33-17-28/h2-7,13,15H,8-12,14,16-17H2,1H3/q+1/t31-/m1/s1. The lowest BCUT2D eigenvalue weighted by atomic mass is 10.2. The first-order valence-corrected chi connectivity index (χ1v) is 12.5. The normalized spacial score (nSPS) is 24.9. The summed E-state index contributed by atoms with van der Waals surface area (Å²) < 4.78 is 2.46. The molecule has 0 unspecified atom stereocenters. The van der Waals surface area contributed by atoms with E-state index in [9.17, 15) is 4.79 Å². The van der Waals surface area contributed by atoms with Crippen molar-refractivity contribution in [2.45, 2.75) is 6.92 Å². The van der Waals surface area contributed by atoms with Crippen LogP contribution in [0, 0.1) is 6.92 Å². The van der Waals surface area contributed by atoms with Gasteiger partial charge >= 0.3 is 0 Å². The molecule has 4 aliphatic heterocycles. The first-order chi connectivity index (χ1) is 16.1. The fourth-order valence-corrected chi connectivity index (χ4v) is 5.99. The summed E-state index contributed by atoms with van der Waals surface area (Å²) in [5.74, 6) is 4.38. The highest BCUT2D eigenvalue weighted by atomic mass is 32.2. The molecular weight excluding hydrogens is 436 g/mol. The van der Waals surface area contributed by atoms with Crippen LogP contribution in [0.3, 0.4) is 0 Å². The van der Waals surface area contributed by atoms with Crippen LogP contribution >= 0.6 is 11.8 Å². The Hall–Kier alpha value is -2.95. The number of nitrogens with zero attached hydrogens (tertiary/aromatic N) is 8. The summed E-state index contributed by atoms with van der Waals surface area (Å²) in [5, 5.41) is 7.05. The van der Waals surface area contributed by atoms with Gasteiger partial charge in [-0.1, -0.05) is 6.07 Å². The van der Waals surface area contributed by atoms with Crippen molar-refractivity contribution in [1.82, 2.24) is 29.7 Å². The van der Waals surface area contributed by atoms with Crippen LogP contribution in [0.5, 0.6) is 0 Å². The molecule has 0 radical (unpaired) electrons. The first kappa shape index (κ1) is 20.6. The number of hydrogen-bond donors (Lipinski definition) is 0.